The zero-order valence-electron chi connectivity index (χ0n) is 31.4. The lowest BCUT2D eigenvalue weighted by Crippen LogP contribution is -2.40. The summed E-state index contributed by atoms with van der Waals surface area (Å²) in [5, 5.41) is 2.49. The van der Waals surface area contributed by atoms with Gasteiger partial charge in [0.15, 0.2) is 5.82 Å². The van der Waals surface area contributed by atoms with Crippen LogP contribution in [0.5, 0.6) is 0 Å². The topological polar surface area (TPSA) is 25.8 Å². The van der Waals surface area contributed by atoms with Crippen LogP contribution in [-0.2, 0) is 10.8 Å². The van der Waals surface area contributed by atoms with Gasteiger partial charge in [-0.15, -0.1) is 0 Å². The fourth-order valence-electron chi connectivity index (χ4n) is 9.88. The number of benzene rings is 8. The highest BCUT2D eigenvalue weighted by Crippen LogP contribution is 2.63. The van der Waals surface area contributed by atoms with Gasteiger partial charge in [0.05, 0.1) is 16.8 Å². The summed E-state index contributed by atoms with van der Waals surface area (Å²) in [6.45, 7) is 4.76. The molecule has 1 spiro atoms. The standard InChI is InChI=1S/C54H38N2/c1-53(2)44-26-11-13-28-46(44)54(47-29-14-12-27-45(47)53)43-32-31-38(40-24-15-22-35-17-9-10-23-39(35)40)33-42(43)51-41(25-16-30-48(51)54)50-34-49(36-18-5-3-6-19-36)55-52(56-50)37-20-7-4-8-21-37/h3-34H,1-2H3. The molecule has 1 heterocycles. The molecule has 0 atom stereocenters. The maximum atomic E-state index is 5.41. The highest BCUT2D eigenvalue weighted by molar-refractivity contribution is 6.01. The summed E-state index contributed by atoms with van der Waals surface area (Å²) in [6, 6.07) is 70.8. The molecule has 8 aromatic carbocycles. The Morgan fingerprint density at radius 2 is 0.911 bits per heavy atom. The normalized spacial score (nSPS) is 14.2. The SMILES string of the molecule is CC1(C)c2ccccc2C2(c3ccc(-c4cccc5ccccc45)cc3-c3c(-c4cc(-c5ccccc5)nc(-c5ccccc5)n4)cccc32)c2ccccc21. The van der Waals surface area contributed by atoms with E-state index in [1.807, 2.05) is 6.07 Å². The molecule has 0 radical (unpaired) electrons. The van der Waals surface area contributed by atoms with Gasteiger partial charge in [0.1, 0.15) is 0 Å². The van der Waals surface area contributed by atoms with E-state index in [2.05, 4.69) is 202 Å². The molecule has 2 aliphatic carbocycles. The first-order valence-electron chi connectivity index (χ1n) is 19.5. The number of fused-ring (bicyclic) bond motifs is 10. The van der Waals surface area contributed by atoms with Crippen LogP contribution in [0, 0.1) is 0 Å². The van der Waals surface area contributed by atoms with Crippen LogP contribution >= 0.6 is 0 Å². The summed E-state index contributed by atoms with van der Waals surface area (Å²) in [5.41, 5.74) is 17.2. The van der Waals surface area contributed by atoms with Gasteiger partial charge in [-0.2, -0.15) is 0 Å². The van der Waals surface area contributed by atoms with Crippen LogP contribution in [-0.4, -0.2) is 9.97 Å². The lowest BCUT2D eigenvalue weighted by atomic mass is 9.55. The first kappa shape index (κ1) is 32.5. The summed E-state index contributed by atoms with van der Waals surface area (Å²) < 4.78 is 0. The number of nitrogens with zero attached hydrogens (tertiary/aromatic N) is 2. The van der Waals surface area contributed by atoms with E-state index < -0.39 is 5.41 Å². The van der Waals surface area contributed by atoms with Gasteiger partial charge < -0.3 is 0 Å². The molecule has 2 heteroatoms. The van der Waals surface area contributed by atoms with Crippen LogP contribution in [0.25, 0.3) is 66.9 Å². The van der Waals surface area contributed by atoms with Crippen LogP contribution < -0.4 is 0 Å². The predicted molar refractivity (Wildman–Crippen MR) is 231 cm³/mol. The van der Waals surface area contributed by atoms with E-state index >= 15 is 0 Å². The first-order valence-corrected chi connectivity index (χ1v) is 19.5. The summed E-state index contributed by atoms with van der Waals surface area (Å²) in [6.07, 6.45) is 0. The molecular formula is C54H38N2. The Bertz CT molecular complexity index is 2880. The minimum absolute atomic E-state index is 0.177. The molecular weight excluding hydrogens is 677 g/mol. The smallest absolute Gasteiger partial charge is 0.160 e. The van der Waals surface area contributed by atoms with E-state index in [0.29, 0.717) is 5.82 Å². The van der Waals surface area contributed by atoms with Gasteiger partial charge in [-0.3, -0.25) is 0 Å². The maximum Gasteiger partial charge on any atom is 0.160 e. The van der Waals surface area contributed by atoms with Gasteiger partial charge in [0.2, 0.25) is 0 Å². The summed E-state index contributed by atoms with van der Waals surface area (Å²) >= 11 is 0. The van der Waals surface area contributed by atoms with Crippen molar-refractivity contribution >= 4 is 10.8 Å². The van der Waals surface area contributed by atoms with E-state index in [1.54, 1.807) is 0 Å². The van der Waals surface area contributed by atoms with Crippen molar-refractivity contribution < 1.29 is 0 Å². The van der Waals surface area contributed by atoms with Gasteiger partial charge in [0, 0.05) is 22.1 Å². The molecule has 0 amide bonds. The second kappa shape index (κ2) is 12.3. The Morgan fingerprint density at radius 3 is 1.64 bits per heavy atom. The number of hydrogen-bond acceptors (Lipinski definition) is 2. The summed E-state index contributed by atoms with van der Waals surface area (Å²) in [7, 11) is 0. The minimum atomic E-state index is -0.530. The Balaban J connectivity index is 1.26. The van der Waals surface area contributed by atoms with E-state index in [4.69, 9.17) is 9.97 Å². The van der Waals surface area contributed by atoms with Gasteiger partial charge in [0.25, 0.3) is 0 Å². The molecule has 2 nitrogen and oxygen atoms in total. The molecule has 56 heavy (non-hydrogen) atoms. The average Bonchev–Trinajstić information content (AvgIpc) is 3.56. The summed E-state index contributed by atoms with van der Waals surface area (Å²) in [5.74, 6) is 0.715. The van der Waals surface area contributed by atoms with Crippen LogP contribution in [0.2, 0.25) is 0 Å². The number of rotatable bonds is 4. The van der Waals surface area contributed by atoms with E-state index in [-0.39, 0.29) is 5.41 Å². The Labute approximate surface area is 327 Å². The molecule has 0 fully saturated rings. The van der Waals surface area contributed by atoms with E-state index in [0.717, 1.165) is 28.1 Å². The zero-order chi connectivity index (χ0) is 37.4. The largest absolute Gasteiger partial charge is 0.228 e. The van der Waals surface area contributed by atoms with Crippen molar-refractivity contribution in [2.24, 2.45) is 0 Å². The monoisotopic (exact) mass is 714 g/mol. The zero-order valence-corrected chi connectivity index (χ0v) is 31.4. The molecule has 9 aromatic rings. The van der Waals surface area contributed by atoms with Gasteiger partial charge in [-0.1, -0.05) is 196 Å². The van der Waals surface area contributed by atoms with Crippen molar-refractivity contribution in [3.63, 3.8) is 0 Å². The van der Waals surface area contributed by atoms with E-state index in [1.165, 1.54) is 66.4 Å². The van der Waals surface area contributed by atoms with Crippen molar-refractivity contribution in [1.29, 1.82) is 0 Å². The van der Waals surface area contributed by atoms with Crippen molar-refractivity contribution in [2.75, 3.05) is 0 Å². The molecule has 0 N–H and O–H groups in total. The number of hydrogen-bond donors (Lipinski definition) is 0. The second-order valence-corrected chi connectivity index (χ2v) is 15.7. The molecule has 2 aliphatic rings. The van der Waals surface area contributed by atoms with Crippen molar-refractivity contribution in [3.8, 4) is 56.2 Å². The number of aromatic nitrogens is 2. The molecule has 0 saturated heterocycles. The van der Waals surface area contributed by atoms with Crippen molar-refractivity contribution in [3.05, 3.63) is 228 Å². The highest BCUT2D eigenvalue weighted by Gasteiger charge is 2.53. The van der Waals surface area contributed by atoms with Crippen molar-refractivity contribution in [1.82, 2.24) is 9.97 Å². The fraction of sp³-hybridized carbons (Fsp3) is 0.0741. The molecule has 11 rings (SSSR count). The Hall–Kier alpha value is -6.90. The third-order valence-electron chi connectivity index (χ3n) is 12.4. The Kier molecular flexibility index (Phi) is 7.15. The third-order valence-corrected chi connectivity index (χ3v) is 12.4. The third kappa shape index (κ3) is 4.63. The first-order chi connectivity index (χ1) is 27.5. The summed E-state index contributed by atoms with van der Waals surface area (Å²) in [4.78, 5) is 10.6. The van der Waals surface area contributed by atoms with Gasteiger partial charge in [-0.25, -0.2) is 9.97 Å². The molecule has 0 bridgehead atoms. The lowest BCUT2D eigenvalue weighted by Gasteiger charge is -2.46. The van der Waals surface area contributed by atoms with Crippen LogP contribution in [0.3, 0.4) is 0 Å². The molecule has 264 valence electrons. The quantitative estimate of drug-likeness (QED) is 0.181. The van der Waals surface area contributed by atoms with Gasteiger partial charge >= 0.3 is 0 Å². The van der Waals surface area contributed by atoms with Gasteiger partial charge in [-0.05, 0) is 78.5 Å². The van der Waals surface area contributed by atoms with E-state index in [9.17, 15) is 0 Å². The van der Waals surface area contributed by atoms with Crippen molar-refractivity contribution in [2.45, 2.75) is 24.7 Å². The fourth-order valence-corrected chi connectivity index (χ4v) is 9.88. The molecule has 0 saturated carbocycles. The average molecular weight is 715 g/mol. The highest BCUT2D eigenvalue weighted by atomic mass is 14.9. The van der Waals surface area contributed by atoms with Crippen LogP contribution in [0.15, 0.2) is 194 Å². The molecule has 0 aliphatic heterocycles. The van der Waals surface area contributed by atoms with Crippen LogP contribution in [0.1, 0.15) is 47.2 Å². The maximum absolute atomic E-state index is 5.41. The Morgan fingerprint density at radius 1 is 0.357 bits per heavy atom. The lowest BCUT2D eigenvalue weighted by molar-refractivity contribution is 0.563. The predicted octanol–water partition coefficient (Wildman–Crippen LogP) is 13.3. The van der Waals surface area contributed by atoms with Crippen LogP contribution in [0.4, 0.5) is 0 Å². The molecule has 0 unspecified atom stereocenters. The molecule has 1 aromatic heterocycles. The second-order valence-electron chi connectivity index (χ2n) is 15.7. The minimum Gasteiger partial charge on any atom is -0.228 e.